The molecule has 12 heavy (non-hydrogen) atoms. The van der Waals surface area contributed by atoms with E-state index in [1.165, 1.54) is 0 Å². The smallest absolute Gasteiger partial charge is 0.249 e. The van der Waals surface area contributed by atoms with Crippen LogP contribution >= 0.6 is 0 Å². The van der Waals surface area contributed by atoms with Crippen molar-refractivity contribution in [2.45, 2.75) is 18.8 Å². The molecule has 1 fully saturated rings. The molecule has 1 aliphatic carbocycles. The van der Waals surface area contributed by atoms with Crippen molar-refractivity contribution >= 4 is 5.91 Å². The predicted octanol–water partition coefficient (Wildman–Crippen LogP) is 0.671. The number of carbonyl (C=O) groups is 1. The van der Waals surface area contributed by atoms with Crippen LogP contribution in [0.5, 0.6) is 0 Å². The van der Waals surface area contributed by atoms with Crippen LogP contribution in [-0.2, 0) is 4.79 Å². The van der Waals surface area contributed by atoms with E-state index in [0.717, 1.165) is 0 Å². The van der Waals surface area contributed by atoms with Gasteiger partial charge in [-0.05, 0) is 0 Å². The highest BCUT2D eigenvalue weighted by atomic mass is 19.3. The van der Waals surface area contributed by atoms with E-state index in [2.05, 4.69) is 5.32 Å². The zero-order valence-corrected chi connectivity index (χ0v) is 6.31. The number of nitriles is 1. The monoisotopic (exact) mass is 174 g/mol. The van der Waals surface area contributed by atoms with Gasteiger partial charge in [0, 0.05) is 18.8 Å². The van der Waals surface area contributed by atoms with Crippen molar-refractivity contribution in [2.75, 3.05) is 6.54 Å². The molecule has 0 spiro atoms. The fourth-order valence-electron chi connectivity index (χ4n) is 1.12. The Kier molecular flexibility index (Phi) is 2.27. The summed E-state index contributed by atoms with van der Waals surface area (Å²) in [6.45, 7) is -0.110. The van der Waals surface area contributed by atoms with E-state index < -0.39 is 17.7 Å². The molecule has 66 valence electrons. The van der Waals surface area contributed by atoms with E-state index in [1.54, 1.807) is 6.07 Å². The standard InChI is InChI=1S/C7H8F2N2O/c8-7(9)3-5(4-7)6(12)11-2-1-10/h5H,2-4H2,(H,11,12). The summed E-state index contributed by atoms with van der Waals surface area (Å²) in [6.07, 6.45) is -0.769. The minimum Gasteiger partial charge on any atom is -0.343 e. The molecule has 0 heterocycles. The Morgan fingerprint density at radius 2 is 2.25 bits per heavy atom. The van der Waals surface area contributed by atoms with Gasteiger partial charge in [0.25, 0.3) is 0 Å². The molecule has 1 N–H and O–H groups in total. The molecule has 0 aliphatic heterocycles. The number of hydrogen-bond acceptors (Lipinski definition) is 2. The minimum absolute atomic E-state index is 0.110. The third-order valence-electron chi connectivity index (χ3n) is 1.80. The summed E-state index contributed by atoms with van der Waals surface area (Å²) in [7, 11) is 0. The fraction of sp³-hybridized carbons (Fsp3) is 0.714. The summed E-state index contributed by atoms with van der Waals surface area (Å²) in [6, 6.07) is 1.70. The molecule has 0 saturated heterocycles. The maximum absolute atomic E-state index is 12.2. The maximum atomic E-state index is 12.2. The highest BCUT2D eigenvalue weighted by molar-refractivity contribution is 5.80. The van der Waals surface area contributed by atoms with Gasteiger partial charge in [-0.15, -0.1) is 0 Å². The molecule has 0 atom stereocenters. The molecular weight excluding hydrogens is 166 g/mol. The van der Waals surface area contributed by atoms with E-state index in [-0.39, 0.29) is 19.4 Å². The number of alkyl halides is 2. The highest BCUT2D eigenvalue weighted by Gasteiger charge is 2.48. The molecule has 0 unspecified atom stereocenters. The Morgan fingerprint density at radius 3 is 2.67 bits per heavy atom. The van der Waals surface area contributed by atoms with Gasteiger partial charge in [-0.1, -0.05) is 0 Å². The van der Waals surface area contributed by atoms with Gasteiger partial charge in [0.15, 0.2) is 0 Å². The molecule has 1 rings (SSSR count). The lowest BCUT2D eigenvalue weighted by atomic mass is 9.81. The molecular formula is C7H8F2N2O. The molecule has 0 bridgehead atoms. The number of nitrogens with one attached hydrogen (secondary N) is 1. The molecule has 1 saturated carbocycles. The normalized spacial score (nSPS) is 20.8. The van der Waals surface area contributed by atoms with Gasteiger partial charge >= 0.3 is 0 Å². The fourth-order valence-corrected chi connectivity index (χ4v) is 1.12. The second kappa shape index (κ2) is 3.05. The van der Waals surface area contributed by atoms with Crippen LogP contribution in [0.1, 0.15) is 12.8 Å². The number of hydrogen-bond donors (Lipinski definition) is 1. The summed E-state index contributed by atoms with van der Waals surface area (Å²) in [4.78, 5) is 10.9. The molecule has 1 amide bonds. The van der Waals surface area contributed by atoms with E-state index >= 15 is 0 Å². The van der Waals surface area contributed by atoms with Crippen molar-refractivity contribution in [1.29, 1.82) is 5.26 Å². The van der Waals surface area contributed by atoms with Gasteiger partial charge in [0.2, 0.25) is 11.8 Å². The summed E-state index contributed by atoms with van der Waals surface area (Å²) < 4.78 is 24.5. The Labute approximate surface area is 68.4 Å². The quantitative estimate of drug-likeness (QED) is 0.625. The Bertz CT molecular complexity index is 226. The van der Waals surface area contributed by atoms with Crippen LogP contribution in [0.2, 0.25) is 0 Å². The van der Waals surface area contributed by atoms with Gasteiger partial charge in [-0.3, -0.25) is 4.79 Å². The van der Waals surface area contributed by atoms with Crippen LogP contribution in [0.25, 0.3) is 0 Å². The van der Waals surface area contributed by atoms with Crippen molar-refractivity contribution in [2.24, 2.45) is 5.92 Å². The average Bonchev–Trinajstić information content (AvgIpc) is 1.95. The molecule has 0 aromatic carbocycles. The maximum Gasteiger partial charge on any atom is 0.249 e. The first-order chi connectivity index (χ1) is 5.55. The zero-order chi connectivity index (χ0) is 9.19. The topological polar surface area (TPSA) is 52.9 Å². The number of rotatable bonds is 2. The lowest BCUT2D eigenvalue weighted by Gasteiger charge is -2.33. The van der Waals surface area contributed by atoms with Gasteiger partial charge in [-0.2, -0.15) is 5.26 Å². The molecule has 1 aliphatic rings. The van der Waals surface area contributed by atoms with Crippen LogP contribution in [0, 0.1) is 17.2 Å². The lowest BCUT2D eigenvalue weighted by molar-refractivity contribution is -0.149. The Morgan fingerprint density at radius 1 is 1.67 bits per heavy atom. The molecule has 0 radical (unpaired) electrons. The second-order valence-electron chi connectivity index (χ2n) is 2.84. The Balaban J connectivity index is 2.25. The summed E-state index contributed by atoms with van der Waals surface area (Å²) in [5.41, 5.74) is 0. The average molecular weight is 174 g/mol. The SMILES string of the molecule is N#CCNC(=O)C1CC(F)(F)C1. The molecule has 5 heteroatoms. The van der Waals surface area contributed by atoms with E-state index in [0.29, 0.717) is 0 Å². The number of nitrogens with zero attached hydrogens (tertiary/aromatic N) is 1. The summed E-state index contributed by atoms with van der Waals surface area (Å²) in [5.74, 6) is -3.72. The van der Waals surface area contributed by atoms with Crippen LogP contribution in [0.15, 0.2) is 0 Å². The van der Waals surface area contributed by atoms with Crippen molar-refractivity contribution in [3.63, 3.8) is 0 Å². The number of amides is 1. The van der Waals surface area contributed by atoms with Crippen molar-refractivity contribution in [3.8, 4) is 6.07 Å². The third-order valence-corrected chi connectivity index (χ3v) is 1.80. The van der Waals surface area contributed by atoms with Crippen LogP contribution < -0.4 is 5.32 Å². The second-order valence-corrected chi connectivity index (χ2v) is 2.84. The van der Waals surface area contributed by atoms with Gasteiger partial charge < -0.3 is 5.32 Å². The largest absolute Gasteiger partial charge is 0.343 e. The minimum atomic E-state index is -2.67. The first-order valence-corrected chi connectivity index (χ1v) is 3.58. The summed E-state index contributed by atoms with van der Waals surface area (Å²) >= 11 is 0. The third kappa shape index (κ3) is 1.91. The van der Waals surface area contributed by atoms with Crippen LogP contribution in [0.3, 0.4) is 0 Å². The highest BCUT2D eigenvalue weighted by Crippen LogP contribution is 2.42. The molecule has 0 aromatic rings. The zero-order valence-electron chi connectivity index (χ0n) is 6.31. The van der Waals surface area contributed by atoms with Crippen molar-refractivity contribution in [3.05, 3.63) is 0 Å². The number of carbonyl (C=O) groups excluding carboxylic acids is 1. The summed E-state index contributed by atoms with van der Waals surface area (Å²) in [5, 5.41) is 10.3. The first-order valence-electron chi connectivity index (χ1n) is 3.58. The van der Waals surface area contributed by atoms with Gasteiger partial charge in [0.1, 0.15) is 6.54 Å². The Hall–Kier alpha value is -1.18. The van der Waals surface area contributed by atoms with E-state index in [4.69, 9.17) is 5.26 Å². The molecule has 0 aromatic heterocycles. The van der Waals surface area contributed by atoms with Gasteiger partial charge in [0.05, 0.1) is 6.07 Å². The predicted molar refractivity (Wildman–Crippen MR) is 36.3 cm³/mol. The molecule has 3 nitrogen and oxygen atoms in total. The van der Waals surface area contributed by atoms with Crippen LogP contribution in [-0.4, -0.2) is 18.4 Å². The van der Waals surface area contributed by atoms with E-state index in [9.17, 15) is 13.6 Å². The van der Waals surface area contributed by atoms with Crippen LogP contribution in [0.4, 0.5) is 8.78 Å². The lowest BCUT2D eigenvalue weighted by Crippen LogP contribution is -2.45. The first kappa shape index (κ1) is 8.91. The van der Waals surface area contributed by atoms with Gasteiger partial charge in [-0.25, -0.2) is 8.78 Å². The van der Waals surface area contributed by atoms with E-state index in [1.807, 2.05) is 0 Å². The number of halogens is 2. The van der Waals surface area contributed by atoms with Crippen molar-refractivity contribution in [1.82, 2.24) is 5.32 Å². The van der Waals surface area contributed by atoms with Crippen molar-refractivity contribution < 1.29 is 13.6 Å².